The molecule has 0 spiro atoms. The highest BCUT2D eigenvalue weighted by molar-refractivity contribution is 5.70. The van der Waals surface area contributed by atoms with Gasteiger partial charge in [0.05, 0.1) is 13.5 Å². The third-order valence-electron chi connectivity index (χ3n) is 1.60. The summed E-state index contributed by atoms with van der Waals surface area (Å²) in [5.74, 6) is -0.922. The van der Waals surface area contributed by atoms with Gasteiger partial charge in [-0.3, -0.25) is 4.79 Å². The van der Waals surface area contributed by atoms with Gasteiger partial charge in [0, 0.05) is 12.6 Å². The van der Waals surface area contributed by atoms with Crippen LogP contribution in [0.5, 0.6) is 0 Å². The van der Waals surface area contributed by atoms with Gasteiger partial charge in [0.2, 0.25) is 0 Å². The van der Waals surface area contributed by atoms with E-state index in [4.69, 9.17) is 5.11 Å². The number of hydrogen-bond donors (Lipinski definition) is 1. The van der Waals surface area contributed by atoms with E-state index in [-0.39, 0.29) is 19.0 Å². The van der Waals surface area contributed by atoms with E-state index in [1.54, 1.807) is 13.8 Å². The van der Waals surface area contributed by atoms with Crippen LogP contribution in [-0.4, -0.2) is 41.8 Å². The lowest BCUT2D eigenvalue weighted by Crippen LogP contribution is -2.38. The molecule has 5 heteroatoms. The first-order chi connectivity index (χ1) is 5.99. The van der Waals surface area contributed by atoms with Gasteiger partial charge < -0.3 is 14.7 Å². The number of nitrogens with zero attached hydrogens (tertiary/aromatic N) is 1. The number of rotatable bonds is 4. The maximum atomic E-state index is 11.1. The molecule has 0 aromatic carbocycles. The van der Waals surface area contributed by atoms with Crippen LogP contribution in [0.15, 0.2) is 0 Å². The average Bonchev–Trinajstić information content (AvgIpc) is 2.03. The lowest BCUT2D eigenvalue weighted by Gasteiger charge is -2.24. The summed E-state index contributed by atoms with van der Waals surface area (Å²) in [6.45, 7) is 3.79. The monoisotopic (exact) mass is 189 g/mol. The predicted octanol–water partition coefficient (Wildman–Crippen LogP) is 0.938. The average molecular weight is 189 g/mol. The molecule has 0 heterocycles. The minimum Gasteiger partial charge on any atom is -0.481 e. The molecular weight excluding hydrogens is 174 g/mol. The van der Waals surface area contributed by atoms with Crippen LogP contribution in [0.3, 0.4) is 0 Å². The van der Waals surface area contributed by atoms with Crippen LogP contribution in [-0.2, 0) is 9.53 Å². The Hall–Kier alpha value is -1.26. The highest BCUT2D eigenvalue weighted by atomic mass is 16.5. The van der Waals surface area contributed by atoms with E-state index >= 15 is 0 Å². The van der Waals surface area contributed by atoms with Crippen molar-refractivity contribution in [1.82, 2.24) is 4.90 Å². The van der Waals surface area contributed by atoms with Gasteiger partial charge in [0.15, 0.2) is 0 Å². The van der Waals surface area contributed by atoms with Crippen molar-refractivity contribution in [1.29, 1.82) is 0 Å². The third kappa shape index (κ3) is 4.35. The van der Waals surface area contributed by atoms with E-state index in [1.165, 1.54) is 12.0 Å². The number of carboxylic acid groups (broad SMARTS) is 1. The first-order valence-electron chi connectivity index (χ1n) is 4.05. The fourth-order valence-corrected chi connectivity index (χ4v) is 0.894. The summed E-state index contributed by atoms with van der Waals surface area (Å²) in [5, 5.41) is 8.42. The van der Waals surface area contributed by atoms with Crippen LogP contribution in [0.2, 0.25) is 0 Å². The third-order valence-corrected chi connectivity index (χ3v) is 1.60. The van der Waals surface area contributed by atoms with Gasteiger partial charge in [-0.05, 0) is 13.8 Å². The van der Waals surface area contributed by atoms with Gasteiger partial charge in [-0.15, -0.1) is 0 Å². The highest BCUT2D eigenvalue weighted by Crippen LogP contribution is 2.02. The quantitative estimate of drug-likeness (QED) is 0.714. The van der Waals surface area contributed by atoms with Crippen molar-refractivity contribution in [2.24, 2.45) is 0 Å². The van der Waals surface area contributed by atoms with Crippen LogP contribution < -0.4 is 0 Å². The molecule has 0 aliphatic heterocycles. The minimum atomic E-state index is -0.922. The van der Waals surface area contributed by atoms with Gasteiger partial charge in [0.25, 0.3) is 0 Å². The Labute approximate surface area is 77.3 Å². The van der Waals surface area contributed by atoms with Crippen LogP contribution in [0.4, 0.5) is 4.79 Å². The summed E-state index contributed by atoms with van der Waals surface area (Å²) in [6, 6.07) is -0.0493. The molecule has 0 radical (unpaired) electrons. The summed E-state index contributed by atoms with van der Waals surface area (Å²) in [6.07, 6.45) is -0.552. The molecule has 1 amide bonds. The zero-order valence-electron chi connectivity index (χ0n) is 8.11. The van der Waals surface area contributed by atoms with Gasteiger partial charge in [-0.25, -0.2) is 4.79 Å². The van der Waals surface area contributed by atoms with E-state index in [0.717, 1.165) is 0 Å². The summed E-state index contributed by atoms with van der Waals surface area (Å²) in [5.41, 5.74) is 0. The maximum Gasteiger partial charge on any atom is 0.409 e. The Morgan fingerprint density at radius 3 is 2.31 bits per heavy atom. The van der Waals surface area contributed by atoms with E-state index in [0.29, 0.717) is 0 Å². The van der Waals surface area contributed by atoms with Crippen molar-refractivity contribution in [3.8, 4) is 0 Å². The van der Waals surface area contributed by atoms with Crippen molar-refractivity contribution in [3.05, 3.63) is 0 Å². The first-order valence-corrected chi connectivity index (χ1v) is 4.05. The standard InChI is InChI=1S/C8H15NO4/c1-6(2)9(8(12)13-3)5-4-7(10)11/h6H,4-5H2,1-3H3,(H,10,11). The SMILES string of the molecule is COC(=O)N(CCC(=O)O)C(C)C. The molecule has 0 fully saturated rings. The molecule has 76 valence electrons. The van der Waals surface area contributed by atoms with Crippen molar-refractivity contribution >= 4 is 12.1 Å². The normalized spacial score (nSPS) is 9.85. The van der Waals surface area contributed by atoms with E-state index in [1.807, 2.05) is 0 Å². The fourth-order valence-electron chi connectivity index (χ4n) is 0.894. The van der Waals surface area contributed by atoms with E-state index in [2.05, 4.69) is 4.74 Å². The predicted molar refractivity (Wildman–Crippen MR) is 46.5 cm³/mol. The minimum absolute atomic E-state index is 0.0493. The number of carboxylic acids is 1. The number of carbonyl (C=O) groups excluding carboxylic acids is 1. The zero-order valence-corrected chi connectivity index (χ0v) is 8.11. The Bertz CT molecular complexity index is 191. The summed E-state index contributed by atoms with van der Waals surface area (Å²) in [7, 11) is 1.28. The molecule has 13 heavy (non-hydrogen) atoms. The number of aliphatic carboxylic acids is 1. The highest BCUT2D eigenvalue weighted by Gasteiger charge is 2.17. The number of ether oxygens (including phenoxy) is 1. The Morgan fingerprint density at radius 1 is 1.46 bits per heavy atom. The Kier molecular flexibility index (Phi) is 4.87. The number of amides is 1. The van der Waals surface area contributed by atoms with Crippen molar-refractivity contribution in [2.75, 3.05) is 13.7 Å². The second kappa shape index (κ2) is 5.40. The second-order valence-electron chi connectivity index (χ2n) is 2.90. The molecular formula is C8H15NO4. The number of carbonyl (C=O) groups is 2. The maximum absolute atomic E-state index is 11.1. The molecule has 1 N–H and O–H groups in total. The molecule has 0 atom stereocenters. The van der Waals surface area contributed by atoms with Crippen LogP contribution >= 0.6 is 0 Å². The Morgan fingerprint density at radius 2 is 2.00 bits per heavy atom. The second-order valence-corrected chi connectivity index (χ2v) is 2.90. The smallest absolute Gasteiger partial charge is 0.409 e. The summed E-state index contributed by atoms with van der Waals surface area (Å²) < 4.78 is 4.50. The van der Waals surface area contributed by atoms with Crippen molar-refractivity contribution in [3.63, 3.8) is 0 Å². The molecule has 0 unspecified atom stereocenters. The van der Waals surface area contributed by atoms with E-state index in [9.17, 15) is 9.59 Å². The fraction of sp³-hybridized carbons (Fsp3) is 0.750. The zero-order chi connectivity index (χ0) is 10.4. The molecule has 0 aliphatic rings. The molecule has 0 saturated carbocycles. The van der Waals surface area contributed by atoms with Crippen LogP contribution in [0, 0.1) is 0 Å². The topological polar surface area (TPSA) is 66.8 Å². The number of methoxy groups -OCH3 is 1. The van der Waals surface area contributed by atoms with Crippen molar-refractivity contribution < 1.29 is 19.4 Å². The lowest BCUT2D eigenvalue weighted by molar-refractivity contribution is -0.137. The summed E-state index contributed by atoms with van der Waals surface area (Å²) >= 11 is 0. The molecule has 0 rings (SSSR count). The largest absolute Gasteiger partial charge is 0.481 e. The molecule has 0 saturated heterocycles. The number of hydrogen-bond acceptors (Lipinski definition) is 3. The van der Waals surface area contributed by atoms with E-state index < -0.39 is 12.1 Å². The molecule has 0 aliphatic carbocycles. The Balaban J connectivity index is 4.10. The van der Waals surface area contributed by atoms with Crippen molar-refractivity contribution in [2.45, 2.75) is 26.3 Å². The van der Waals surface area contributed by atoms with Gasteiger partial charge in [-0.2, -0.15) is 0 Å². The van der Waals surface area contributed by atoms with Gasteiger partial charge in [0.1, 0.15) is 0 Å². The van der Waals surface area contributed by atoms with Gasteiger partial charge in [-0.1, -0.05) is 0 Å². The lowest BCUT2D eigenvalue weighted by atomic mass is 10.3. The molecule has 0 aromatic rings. The molecule has 5 nitrogen and oxygen atoms in total. The molecule has 0 aromatic heterocycles. The summed E-state index contributed by atoms with van der Waals surface area (Å²) in [4.78, 5) is 22.7. The van der Waals surface area contributed by atoms with Crippen LogP contribution in [0.1, 0.15) is 20.3 Å². The van der Waals surface area contributed by atoms with Crippen LogP contribution in [0.25, 0.3) is 0 Å². The van der Waals surface area contributed by atoms with Gasteiger partial charge >= 0.3 is 12.1 Å². The first kappa shape index (κ1) is 11.7. The molecule has 0 bridgehead atoms.